The Morgan fingerprint density at radius 2 is 1.75 bits per heavy atom. The number of carbonyl (C=O) groups is 4. The van der Waals surface area contributed by atoms with Gasteiger partial charge >= 0.3 is 0 Å². The zero-order valence-electron chi connectivity index (χ0n) is 18.3. The zero-order valence-corrected chi connectivity index (χ0v) is 18.3. The number of imide groups is 2. The molecule has 170 valence electrons. The summed E-state index contributed by atoms with van der Waals surface area (Å²) >= 11 is 0. The highest BCUT2D eigenvalue weighted by molar-refractivity contribution is 6.23. The van der Waals surface area contributed by atoms with Gasteiger partial charge in [-0.3, -0.25) is 29.4 Å². The van der Waals surface area contributed by atoms with Crippen LogP contribution in [0.5, 0.6) is 0 Å². The molecule has 1 aromatic carbocycles. The van der Waals surface area contributed by atoms with E-state index in [1.54, 1.807) is 18.2 Å². The molecule has 1 aromatic rings. The van der Waals surface area contributed by atoms with Gasteiger partial charge in [0, 0.05) is 18.7 Å². The first-order valence-electron chi connectivity index (χ1n) is 11.8. The third-order valence-electron chi connectivity index (χ3n) is 7.75. The van der Waals surface area contributed by atoms with Crippen LogP contribution >= 0.6 is 0 Å². The highest BCUT2D eigenvalue weighted by Gasteiger charge is 2.44. The summed E-state index contributed by atoms with van der Waals surface area (Å²) in [5.41, 5.74) is 2.09. The number of fused-ring (bicyclic) bond motifs is 1. The Morgan fingerprint density at radius 1 is 1.00 bits per heavy atom. The van der Waals surface area contributed by atoms with Crippen molar-refractivity contribution in [2.24, 2.45) is 5.41 Å². The fourth-order valence-electron chi connectivity index (χ4n) is 5.54. The molecule has 0 bridgehead atoms. The van der Waals surface area contributed by atoms with Crippen LogP contribution in [0.25, 0.3) is 0 Å². The molecule has 0 radical (unpaired) electrons. The second-order valence-electron chi connectivity index (χ2n) is 9.68. The van der Waals surface area contributed by atoms with Gasteiger partial charge in [-0.1, -0.05) is 6.42 Å². The summed E-state index contributed by atoms with van der Waals surface area (Å²) in [5.74, 6) is -1.90. The van der Waals surface area contributed by atoms with E-state index in [1.165, 1.54) is 45.2 Å². The van der Waals surface area contributed by atoms with Crippen LogP contribution in [0.3, 0.4) is 0 Å². The van der Waals surface area contributed by atoms with Crippen LogP contribution in [0.1, 0.15) is 72.1 Å². The molecule has 4 amide bonds. The smallest absolute Gasteiger partial charge is 0.262 e. The Kier molecular flexibility index (Phi) is 5.49. The molecule has 1 aliphatic carbocycles. The van der Waals surface area contributed by atoms with Crippen molar-refractivity contribution >= 4 is 29.3 Å². The average Bonchev–Trinajstić information content (AvgIpc) is 3.01. The molecule has 3 heterocycles. The van der Waals surface area contributed by atoms with E-state index in [4.69, 9.17) is 0 Å². The van der Waals surface area contributed by atoms with E-state index in [0.29, 0.717) is 16.5 Å². The van der Waals surface area contributed by atoms with Crippen molar-refractivity contribution in [2.75, 3.05) is 31.5 Å². The van der Waals surface area contributed by atoms with Gasteiger partial charge in [0.2, 0.25) is 11.8 Å². The summed E-state index contributed by atoms with van der Waals surface area (Å²) in [6, 6.07) is 4.22. The molecular weight excluding hydrogens is 408 g/mol. The minimum absolute atomic E-state index is 0.120. The van der Waals surface area contributed by atoms with Crippen LogP contribution in [0, 0.1) is 5.41 Å². The SMILES string of the molecule is O=C1CCC(N2C(=O)c3ccc(NCCCN4CCC5(CCC5)CC4)cc3C2=O)C(=O)N1. The molecule has 3 aliphatic heterocycles. The van der Waals surface area contributed by atoms with Crippen LogP contribution in [0.15, 0.2) is 18.2 Å². The van der Waals surface area contributed by atoms with E-state index in [1.807, 2.05) is 0 Å². The monoisotopic (exact) mass is 438 g/mol. The van der Waals surface area contributed by atoms with Gasteiger partial charge < -0.3 is 10.2 Å². The maximum Gasteiger partial charge on any atom is 0.262 e. The second-order valence-corrected chi connectivity index (χ2v) is 9.68. The first kappa shape index (κ1) is 21.1. The number of amides is 4. The summed E-state index contributed by atoms with van der Waals surface area (Å²) in [6.07, 6.45) is 8.22. The summed E-state index contributed by atoms with van der Waals surface area (Å²) in [6.45, 7) is 4.26. The summed E-state index contributed by atoms with van der Waals surface area (Å²) in [4.78, 5) is 52.8. The Hall–Kier alpha value is -2.74. The van der Waals surface area contributed by atoms with E-state index in [-0.39, 0.29) is 18.7 Å². The van der Waals surface area contributed by atoms with Crippen molar-refractivity contribution < 1.29 is 19.2 Å². The average molecular weight is 439 g/mol. The minimum Gasteiger partial charge on any atom is -0.385 e. The molecule has 3 fully saturated rings. The normalized spacial score (nSPS) is 25.0. The summed E-state index contributed by atoms with van der Waals surface area (Å²) in [7, 11) is 0. The third kappa shape index (κ3) is 3.81. The summed E-state index contributed by atoms with van der Waals surface area (Å²) < 4.78 is 0. The predicted molar refractivity (Wildman–Crippen MR) is 118 cm³/mol. The van der Waals surface area contributed by atoms with Crippen LogP contribution in [-0.4, -0.2) is 65.6 Å². The molecule has 1 unspecified atom stereocenters. The van der Waals surface area contributed by atoms with Gasteiger partial charge in [0.1, 0.15) is 6.04 Å². The van der Waals surface area contributed by atoms with Crippen molar-refractivity contribution in [3.63, 3.8) is 0 Å². The number of anilines is 1. The van der Waals surface area contributed by atoms with Gasteiger partial charge in [-0.15, -0.1) is 0 Å². The van der Waals surface area contributed by atoms with E-state index < -0.39 is 23.8 Å². The molecule has 2 saturated heterocycles. The zero-order chi connectivity index (χ0) is 22.3. The van der Waals surface area contributed by atoms with Crippen molar-refractivity contribution in [3.05, 3.63) is 29.3 Å². The van der Waals surface area contributed by atoms with E-state index >= 15 is 0 Å². The first-order valence-corrected chi connectivity index (χ1v) is 11.8. The number of hydrogen-bond acceptors (Lipinski definition) is 6. The maximum atomic E-state index is 12.9. The molecule has 1 saturated carbocycles. The fourth-order valence-corrected chi connectivity index (χ4v) is 5.54. The molecule has 0 aromatic heterocycles. The molecule has 2 N–H and O–H groups in total. The number of nitrogens with zero attached hydrogens (tertiary/aromatic N) is 2. The predicted octanol–water partition coefficient (Wildman–Crippen LogP) is 2.16. The molecule has 4 aliphatic rings. The van der Waals surface area contributed by atoms with Crippen LogP contribution < -0.4 is 10.6 Å². The summed E-state index contributed by atoms with van der Waals surface area (Å²) in [5, 5.41) is 5.58. The topological polar surface area (TPSA) is 98.8 Å². The molecular formula is C24H30N4O4. The van der Waals surface area contributed by atoms with Crippen LogP contribution in [0.2, 0.25) is 0 Å². The van der Waals surface area contributed by atoms with Gasteiger partial charge in [-0.25, -0.2) is 0 Å². The Labute approximate surface area is 187 Å². The molecule has 8 nitrogen and oxygen atoms in total. The van der Waals surface area contributed by atoms with Gasteiger partial charge in [0.25, 0.3) is 11.8 Å². The molecule has 5 rings (SSSR count). The van der Waals surface area contributed by atoms with Gasteiger partial charge in [-0.05, 0) is 81.8 Å². The van der Waals surface area contributed by atoms with Crippen molar-refractivity contribution in [2.45, 2.75) is 57.4 Å². The van der Waals surface area contributed by atoms with Crippen LogP contribution in [-0.2, 0) is 9.59 Å². The lowest BCUT2D eigenvalue weighted by atomic mass is 9.63. The van der Waals surface area contributed by atoms with Gasteiger partial charge in [0.15, 0.2) is 0 Å². The quantitative estimate of drug-likeness (QED) is 0.522. The number of likely N-dealkylation sites (tertiary alicyclic amines) is 1. The number of hydrogen-bond donors (Lipinski definition) is 2. The lowest BCUT2D eigenvalue weighted by molar-refractivity contribution is -0.136. The van der Waals surface area contributed by atoms with E-state index in [9.17, 15) is 19.2 Å². The minimum atomic E-state index is -0.930. The third-order valence-corrected chi connectivity index (χ3v) is 7.75. The number of piperidine rings is 2. The second kappa shape index (κ2) is 8.31. The Morgan fingerprint density at radius 3 is 2.44 bits per heavy atom. The Bertz CT molecular complexity index is 961. The van der Waals surface area contributed by atoms with E-state index in [0.717, 1.165) is 30.1 Å². The lowest BCUT2D eigenvalue weighted by Gasteiger charge is -2.48. The highest BCUT2D eigenvalue weighted by atomic mass is 16.2. The standard InChI is InChI=1S/C24H30N4O4/c29-20-6-5-19(21(30)26-20)28-22(31)17-4-3-16(15-18(17)23(28)32)25-11-2-12-27-13-9-24(10-14-27)7-1-8-24/h3-4,15,19,25H,1-2,5-14H2,(H,26,29,30). The largest absolute Gasteiger partial charge is 0.385 e. The Balaban J connectivity index is 1.14. The fraction of sp³-hybridized carbons (Fsp3) is 0.583. The van der Waals surface area contributed by atoms with Crippen molar-refractivity contribution in [3.8, 4) is 0 Å². The number of nitrogens with one attached hydrogen (secondary N) is 2. The number of rotatable bonds is 6. The molecule has 32 heavy (non-hydrogen) atoms. The van der Waals surface area contributed by atoms with E-state index in [2.05, 4.69) is 15.5 Å². The lowest BCUT2D eigenvalue weighted by Crippen LogP contribution is -2.54. The highest BCUT2D eigenvalue weighted by Crippen LogP contribution is 2.48. The first-order chi connectivity index (χ1) is 15.5. The van der Waals surface area contributed by atoms with Gasteiger partial charge in [0.05, 0.1) is 11.1 Å². The molecule has 8 heteroatoms. The van der Waals surface area contributed by atoms with Crippen molar-refractivity contribution in [1.29, 1.82) is 0 Å². The molecule has 1 atom stereocenters. The maximum absolute atomic E-state index is 12.9. The van der Waals surface area contributed by atoms with Crippen LogP contribution in [0.4, 0.5) is 5.69 Å². The number of carbonyl (C=O) groups excluding carboxylic acids is 4. The molecule has 1 spiro atoms. The van der Waals surface area contributed by atoms with Gasteiger partial charge in [-0.2, -0.15) is 0 Å². The number of benzene rings is 1. The van der Waals surface area contributed by atoms with Crippen molar-refractivity contribution in [1.82, 2.24) is 15.1 Å².